The van der Waals surface area contributed by atoms with E-state index in [1.54, 1.807) is 11.8 Å². The number of carbonyl (C=O) groups excluding carboxylic acids is 1. The Kier molecular flexibility index (Phi) is 9.89. The molecule has 6 heteroatoms. The van der Waals surface area contributed by atoms with Crippen LogP contribution < -0.4 is 10.1 Å². The van der Waals surface area contributed by atoms with Crippen molar-refractivity contribution in [3.63, 3.8) is 0 Å². The highest BCUT2D eigenvalue weighted by Gasteiger charge is 2.13. The average molecular weight is 381 g/mol. The van der Waals surface area contributed by atoms with Crippen molar-refractivity contribution >= 4 is 17.7 Å². The quantitative estimate of drug-likeness (QED) is 0.598. The molecule has 0 aromatic heterocycles. The van der Waals surface area contributed by atoms with E-state index in [1.807, 2.05) is 31.2 Å². The van der Waals surface area contributed by atoms with Gasteiger partial charge in [0.2, 0.25) is 5.91 Å². The standard InChI is InChI=1S/C20H32N2O3S/c1-3-4-14-26-17(2)20(23)21-16-18-6-5-7-19(15-18)25-13-10-22-8-11-24-12-9-22/h5-7,15,17H,3-4,8-14,16H2,1-2H3,(H,21,23). The van der Waals surface area contributed by atoms with E-state index in [0.29, 0.717) is 13.2 Å². The average Bonchev–Trinajstić information content (AvgIpc) is 2.67. The Morgan fingerprint density at radius 1 is 1.38 bits per heavy atom. The SMILES string of the molecule is CCCCSC(C)C(=O)NCc1cccc(OCCN2CCOCC2)c1. The molecule has 0 bridgehead atoms. The highest BCUT2D eigenvalue weighted by Crippen LogP contribution is 2.15. The number of thioether (sulfide) groups is 1. The van der Waals surface area contributed by atoms with Gasteiger partial charge in [-0.1, -0.05) is 25.5 Å². The fourth-order valence-electron chi connectivity index (χ4n) is 2.68. The fraction of sp³-hybridized carbons (Fsp3) is 0.650. The maximum Gasteiger partial charge on any atom is 0.233 e. The van der Waals surface area contributed by atoms with Crippen molar-refractivity contribution < 1.29 is 14.3 Å². The number of nitrogens with one attached hydrogen (secondary N) is 1. The fourth-order valence-corrected chi connectivity index (χ4v) is 3.72. The predicted octanol–water partition coefficient (Wildman–Crippen LogP) is 2.94. The van der Waals surface area contributed by atoms with Crippen molar-refractivity contribution in [2.45, 2.75) is 38.5 Å². The third-order valence-electron chi connectivity index (χ3n) is 4.38. The Morgan fingerprint density at radius 3 is 2.96 bits per heavy atom. The van der Waals surface area contributed by atoms with Gasteiger partial charge in [0.05, 0.1) is 18.5 Å². The monoisotopic (exact) mass is 380 g/mol. The second-order valence-electron chi connectivity index (χ2n) is 6.53. The first kappa shape index (κ1) is 21.1. The summed E-state index contributed by atoms with van der Waals surface area (Å²) in [5.74, 6) is 2.00. The zero-order valence-corrected chi connectivity index (χ0v) is 16.9. The van der Waals surface area contributed by atoms with E-state index in [-0.39, 0.29) is 11.2 Å². The highest BCUT2D eigenvalue weighted by molar-refractivity contribution is 8.00. The highest BCUT2D eigenvalue weighted by atomic mass is 32.2. The van der Waals surface area contributed by atoms with Crippen LogP contribution in [0.5, 0.6) is 5.75 Å². The minimum Gasteiger partial charge on any atom is -0.492 e. The summed E-state index contributed by atoms with van der Waals surface area (Å²) < 4.78 is 11.2. The normalized spacial score (nSPS) is 16.2. The van der Waals surface area contributed by atoms with Gasteiger partial charge >= 0.3 is 0 Å². The summed E-state index contributed by atoms with van der Waals surface area (Å²) in [6.07, 6.45) is 2.33. The molecule has 2 rings (SSSR count). The van der Waals surface area contributed by atoms with Crippen LogP contribution in [0.1, 0.15) is 32.3 Å². The van der Waals surface area contributed by atoms with E-state index in [2.05, 4.69) is 17.1 Å². The molecule has 0 spiro atoms. The minimum atomic E-state index is -0.00509. The van der Waals surface area contributed by atoms with Crippen molar-refractivity contribution in [3.8, 4) is 5.75 Å². The first-order chi connectivity index (χ1) is 12.7. The molecular formula is C20H32N2O3S. The maximum atomic E-state index is 12.2. The van der Waals surface area contributed by atoms with Crippen molar-refractivity contribution in [2.75, 3.05) is 45.2 Å². The van der Waals surface area contributed by atoms with E-state index >= 15 is 0 Å². The van der Waals surface area contributed by atoms with Crippen LogP contribution in [0, 0.1) is 0 Å². The molecule has 1 atom stereocenters. The first-order valence-corrected chi connectivity index (χ1v) is 10.6. The Bertz CT molecular complexity index is 536. The summed E-state index contributed by atoms with van der Waals surface area (Å²) in [6, 6.07) is 7.97. The topological polar surface area (TPSA) is 50.8 Å². The zero-order chi connectivity index (χ0) is 18.6. The van der Waals surface area contributed by atoms with Crippen molar-refractivity contribution in [1.82, 2.24) is 10.2 Å². The lowest BCUT2D eigenvalue weighted by atomic mass is 10.2. The Labute approximate surface area is 161 Å². The number of carbonyl (C=O) groups is 1. The Balaban J connectivity index is 1.69. The van der Waals surface area contributed by atoms with Crippen LogP contribution in [0.2, 0.25) is 0 Å². The van der Waals surface area contributed by atoms with Gasteiger partial charge in [0, 0.05) is 26.2 Å². The molecule has 1 amide bonds. The van der Waals surface area contributed by atoms with Gasteiger partial charge in [-0.05, 0) is 36.8 Å². The number of benzene rings is 1. The lowest BCUT2D eigenvalue weighted by Crippen LogP contribution is -2.38. The van der Waals surface area contributed by atoms with Crippen LogP contribution in [0.25, 0.3) is 0 Å². The molecule has 0 radical (unpaired) electrons. The molecule has 1 fully saturated rings. The smallest absolute Gasteiger partial charge is 0.233 e. The Morgan fingerprint density at radius 2 is 2.19 bits per heavy atom. The molecule has 1 aromatic carbocycles. The van der Waals surface area contributed by atoms with Crippen LogP contribution in [-0.4, -0.2) is 61.3 Å². The largest absolute Gasteiger partial charge is 0.492 e. The zero-order valence-electron chi connectivity index (χ0n) is 16.0. The number of hydrogen-bond acceptors (Lipinski definition) is 5. The maximum absolute atomic E-state index is 12.2. The molecule has 5 nitrogen and oxygen atoms in total. The molecule has 0 aliphatic carbocycles. The van der Waals surface area contributed by atoms with Gasteiger partial charge in [-0.2, -0.15) is 0 Å². The molecule has 26 heavy (non-hydrogen) atoms. The number of ether oxygens (including phenoxy) is 2. The van der Waals surface area contributed by atoms with Gasteiger partial charge in [-0.25, -0.2) is 0 Å². The minimum absolute atomic E-state index is 0.00509. The van der Waals surface area contributed by atoms with Gasteiger partial charge in [0.1, 0.15) is 12.4 Å². The molecule has 1 aromatic rings. The van der Waals surface area contributed by atoms with Crippen LogP contribution in [0.3, 0.4) is 0 Å². The van der Waals surface area contributed by atoms with Crippen molar-refractivity contribution in [1.29, 1.82) is 0 Å². The third-order valence-corrected chi connectivity index (χ3v) is 5.62. The van der Waals surface area contributed by atoms with Crippen molar-refractivity contribution in [3.05, 3.63) is 29.8 Å². The number of amides is 1. The molecule has 1 saturated heterocycles. The molecule has 1 aliphatic heterocycles. The lowest BCUT2D eigenvalue weighted by Gasteiger charge is -2.26. The van der Waals surface area contributed by atoms with Crippen LogP contribution in [0.15, 0.2) is 24.3 Å². The van der Waals surface area contributed by atoms with Crippen LogP contribution in [-0.2, 0) is 16.1 Å². The van der Waals surface area contributed by atoms with E-state index in [4.69, 9.17) is 9.47 Å². The Hall–Kier alpha value is -1.24. The van der Waals surface area contributed by atoms with Crippen LogP contribution in [0.4, 0.5) is 0 Å². The summed E-state index contributed by atoms with van der Waals surface area (Å²) in [5, 5.41) is 3.02. The number of hydrogen-bond donors (Lipinski definition) is 1. The number of unbranched alkanes of at least 4 members (excludes halogenated alkanes) is 1. The molecule has 1 aliphatic rings. The summed E-state index contributed by atoms with van der Waals surface area (Å²) in [6.45, 7) is 9.83. The van der Waals surface area contributed by atoms with Crippen LogP contribution >= 0.6 is 11.8 Å². The van der Waals surface area contributed by atoms with E-state index in [9.17, 15) is 4.79 Å². The molecule has 1 N–H and O–H groups in total. The number of rotatable bonds is 11. The first-order valence-electron chi connectivity index (χ1n) is 9.60. The molecule has 1 heterocycles. The number of nitrogens with zero attached hydrogens (tertiary/aromatic N) is 1. The molecule has 0 saturated carbocycles. The predicted molar refractivity (Wildman–Crippen MR) is 108 cm³/mol. The number of morpholine rings is 1. The van der Waals surface area contributed by atoms with Gasteiger partial charge in [-0.15, -0.1) is 11.8 Å². The van der Waals surface area contributed by atoms with E-state index < -0.39 is 0 Å². The van der Waals surface area contributed by atoms with Gasteiger partial charge < -0.3 is 14.8 Å². The second kappa shape index (κ2) is 12.2. The summed E-state index contributed by atoms with van der Waals surface area (Å²) in [5.41, 5.74) is 1.06. The molecular weight excluding hydrogens is 348 g/mol. The lowest BCUT2D eigenvalue weighted by molar-refractivity contribution is -0.120. The molecule has 1 unspecified atom stereocenters. The van der Waals surface area contributed by atoms with Crippen molar-refractivity contribution in [2.24, 2.45) is 0 Å². The third kappa shape index (κ3) is 7.98. The summed E-state index contributed by atoms with van der Waals surface area (Å²) in [4.78, 5) is 14.5. The summed E-state index contributed by atoms with van der Waals surface area (Å²) >= 11 is 1.72. The van der Waals surface area contributed by atoms with Gasteiger partial charge in [0.25, 0.3) is 0 Å². The summed E-state index contributed by atoms with van der Waals surface area (Å²) in [7, 11) is 0. The van der Waals surface area contributed by atoms with Gasteiger partial charge in [-0.3, -0.25) is 9.69 Å². The van der Waals surface area contributed by atoms with E-state index in [0.717, 1.165) is 56.3 Å². The van der Waals surface area contributed by atoms with Gasteiger partial charge in [0.15, 0.2) is 0 Å². The van der Waals surface area contributed by atoms with E-state index in [1.165, 1.54) is 6.42 Å². The second-order valence-corrected chi connectivity index (χ2v) is 7.98. The molecule has 146 valence electrons.